The van der Waals surface area contributed by atoms with Crippen LogP contribution in [0.25, 0.3) is 11.3 Å². The Bertz CT molecular complexity index is 698. The number of hydrogen-bond donors (Lipinski definition) is 3. The quantitative estimate of drug-likeness (QED) is 0.612. The second-order valence-electron chi connectivity index (χ2n) is 6.85. The summed E-state index contributed by atoms with van der Waals surface area (Å²) in [6.07, 6.45) is 4.32. The standard InChI is InChI=1S/C18H24ClFN4S/c1-11(2)23-25-24-15-8-6-12(7-9-15)17-16(19)18(22-21-17)13-4-3-5-14(20)10-13/h3-5,10-12,15,23-24H,6-9H2,1-2H3,(H,21,22). The molecule has 0 radical (unpaired) electrons. The van der Waals surface area contributed by atoms with E-state index in [0.717, 1.165) is 31.4 Å². The zero-order chi connectivity index (χ0) is 17.8. The van der Waals surface area contributed by atoms with E-state index in [2.05, 4.69) is 33.5 Å². The summed E-state index contributed by atoms with van der Waals surface area (Å²) >= 11 is 8.14. The minimum Gasteiger partial charge on any atom is -0.280 e. The fourth-order valence-electron chi connectivity index (χ4n) is 3.17. The number of rotatable bonds is 6. The molecule has 0 spiro atoms. The molecule has 3 N–H and O–H groups in total. The molecule has 0 saturated heterocycles. The molecule has 7 heteroatoms. The van der Waals surface area contributed by atoms with Gasteiger partial charge in [-0.05, 0) is 51.7 Å². The van der Waals surface area contributed by atoms with Crippen LogP contribution in [0.5, 0.6) is 0 Å². The maximum absolute atomic E-state index is 13.4. The zero-order valence-corrected chi connectivity index (χ0v) is 16.1. The number of aromatic nitrogens is 2. The van der Waals surface area contributed by atoms with Crippen LogP contribution in [0, 0.1) is 5.82 Å². The van der Waals surface area contributed by atoms with Crippen molar-refractivity contribution in [2.24, 2.45) is 0 Å². The van der Waals surface area contributed by atoms with Gasteiger partial charge >= 0.3 is 0 Å². The molecule has 1 fully saturated rings. The van der Waals surface area contributed by atoms with Gasteiger partial charge in [0.15, 0.2) is 0 Å². The lowest BCUT2D eigenvalue weighted by molar-refractivity contribution is 0.376. The predicted octanol–water partition coefficient (Wildman–Crippen LogP) is 5.05. The molecule has 1 saturated carbocycles. The summed E-state index contributed by atoms with van der Waals surface area (Å²) in [5.74, 6) is 0.0978. The fraction of sp³-hybridized carbons (Fsp3) is 0.500. The number of aromatic amines is 1. The number of benzene rings is 1. The Morgan fingerprint density at radius 2 is 2.04 bits per heavy atom. The average Bonchev–Trinajstić information content (AvgIpc) is 2.97. The fourth-order valence-corrected chi connectivity index (χ4v) is 4.23. The highest BCUT2D eigenvalue weighted by Crippen LogP contribution is 2.39. The van der Waals surface area contributed by atoms with Crippen molar-refractivity contribution in [1.82, 2.24) is 19.6 Å². The van der Waals surface area contributed by atoms with Crippen LogP contribution in [0.15, 0.2) is 24.3 Å². The molecule has 4 nitrogen and oxygen atoms in total. The van der Waals surface area contributed by atoms with Crippen LogP contribution in [0.4, 0.5) is 4.39 Å². The number of H-pyrrole nitrogens is 1. The Morgan fingerprint density at radius 3 is 2.72 bits per heavy atom. The van der Waals surface area contributed by atoms with Gasteiger partial charge in [-0.2, -0.15) is 5.10 Å². The molecule has 0 bridgehead atoms. The molecule has 136 valence electrons. The normalized spacial score (nSPS) is 21.0. The summed E-state index contributed by atoms with van der Waals surface area (Å²) in [6, 6.07) is 7.36. The van der Waals surface area contributed by atoms with Gasteiger partial charge < -0.3 is 0 Å². The second-order valence-corrected chi connectivity index (χ2v) is 7.90. The van der Waals surface area contributed by atoms with E-state index in [1.54, 1.807) is 18.2 Å². The summed E-state index contributed by atoms with van der Waals surface area (Å²) in [6.45, 7) is 4.25. The molecule has 0 atom stereocenters. The molecule has 1 aromatic carbocycles. The Labute approximate surface area is 157 Å². The number of hydrogen-bond acceptors (Lipinski definition) is 4. The van der Waals surface area contributed by atoms with E-state index in [4.69, 9.17) is 11.6 Å². The van der Waals surface area contributed by atoms with Crippen LogP contribution in [0.3, 0.4) is 0 Å². The third-order valence-electron chi connectivity index (χ3n) is 4.49. The molecule has 1 aliphatic carbocycles. The van der Waals surface area contributed by atoms with Crippen molar-refractivity contribution >= 4 is 23.7 Å². The van der Waals surface area contributed by atoms with Crippen molar-refractivity contribution in [1.29, 1.82) is 0 Å². The number of halogens is 2. The Morgan fingerprint density at radius 1 is 1.28 bits per heavy atom. The van der Waals surface area contributed by atoms with Crippen LogP contribution < -0.4 is 9.44 Å². The summed E-state index contributed by atoms with van der Waals surface area (Å²) in [4.78, 5) is 0. The maximum atomic E-state index is 13.4. The minimum absolute atomic E-state index is 0.280. The lowest BCUT2D eigenvalue weighted by Crippen LogP contribution is -2.31. The first-order chi connectivity index (χ1) is 12.0. The van der Waals surface area contributed by atoms with Crippen molar-refractivity contribution in [3.8, 4) is 11.3 Å². The van der Waals surface area contributed by atoms with Crippen molar-refractivity contribution in [2.45, 2.75) is 57.5 Å². The Kier molecular flexibility index (Phi) is 6.39. The highest BCUT2D eigenvalue weighted by atomic mass is 35.5. The predicted molar refractivity (Wildman–Crippen MR) is 103 cm³/mol. The van der Waals surface area contributed by atoms with Gasteiger partial charge in [-0.15, -0.1) is 0 Å². The van der Waals surface area contributed by atoms with Gasteiger partial charge in [-0.3, -0.25) is 5.10 Å². The topological polar surface area (TPSA) is 52.7 Å². The van der Waals surface area contributed by atoms with Gasteiger partial charge in [0.25, 0.3) is 0 Å². The summed E-state index contributed by atoms with van der Waals surface area (Å²) < 4.78 is 20.2. The van der Waals surface area contributed by atoms with Gasteiger partial charge in [0.1, 0.15) is 11.5 Å². The van der Waals surface area contributed by atoms with Gasteiger partial charge in [-0.25, -0.2) is 13.8 Å². The highest BCUT2D eigenvalue weighted by molar-refractivity contribution is 7.95. The smallest absolute Gasteiger partial charge is 0.123 e. The lowest BCUT2D eigenvalue weighted by Gasteiger charge is -2.28. The van der Waals surface area contributed by atoms with Gasteiger partial charge in [-0.1, -0.05) is 23.7 Å². The van der Waals surface area contributed by atoms with Gasteiger partial charge in [0, 0.05) is 35.7 Å². The monoisotopic (exact) mass is 382 g/mol. The van der Waals surface area contributed by atoms with Gasteiger partial charge in [0.2, 0.25) is 0 Å². The van der Waals surface area contributed by atoms with Crippen molar-refractivity contribution in [2.75, 3.05) is 0 Å². The molecule has 25 heavy (non-hydrogen) atoms. The van der Waals surface area contributed by atoms with Crippen molar-refractivity contribution in [3.05, 3.63) is 40.8 Å². The van der Waals surface area contributed by atoms with E-state index >= 15 is 0 Å². The third kappa shape index (κ3) is 4.76. The Balaban J connectivity index is 1.61. The van der Waals surface area contributed by atoms with Crippen molar-refractivity contribution in [3.63, 3.8) is 0 Å². The zero-order valence-electron chi connectivity index (χ0n) is 14.5. The molecule has 2 aromatic rings. The number of nitrogens with zero attached hydrogens (tertiary/aromatic N) is 1. The highest BCUT2D eigenvalue weighted by Gasteiger charge is 2.26. The number of nitrogens with one attached hydrogen (secondary N) is 3. The van der Waals surface area contributed by atoms with E-state index in [0.29, 0.717) is 34.3 Å². The van der Waals surface area contributed by atoms with Crippen LogP contribution in [0.2, 0.25) is 5.02 Å². The lowest BCUT2D eigenvalue weighted by atomic mass is 9.84. The largest absolute Gasteiger partial charge is 0.280 e. The SMILES string of the molecule is CC(C)NSNC1CCC(c2[nH]nc(-c3cccc(F)c3)c2Cl)CC1. The van der Waals surface area contributed by atoms with E-state index in [1.165, 1.54) is 12.1 Å². The summed E-state index contributed by atoms with van der Waals surface area (Å²) in [5, 5.41) is 8.05. The van der Waals surface area contributed by atoms with E-state index in [1.807, 2.05) is 6.07 Å². The molecule has 0 aliphatic heterocycles. The van der Waals surface area contributed by atoms with Crippen LogP contribution in [0.1, 0.15) is 51.1 Å². The van der Waals surface area contributed by atoms with Crippen molar-refractivity contribution < 1.29 is 4.39 Å². The summed E-state index contributed by atoms with van der Waals surface area (Å²) in [7, 11) is 0. The first-order valence-corrected chi connectivity index (χ1v) is 9.90. The summed E-state index contributed by atoms with van der Waals surface area (Å²) in [5.41, 5.74) is 2.32. The first kappa shape index (κ1) is 18.7. The third-order valence-corrected chi connectivity index (χ3v) is 5.91. The van der Waals surface area contributed by atoms with Gasteiger partial charge in [0.05, 0.1) is 10.7 Å². The Hall–Kier alpha value is -1.08. The molecule has 0 amide bonds. The molecule has 1 heterocycles. The van der Waals surface area contributed by atoms with Crippen LogP contribution >= 0.6 is 23.7 Å². The van der Waals surface area contributed by atoms with Crippen LogP contribution in [-0.4, -0.2) is 22.3 Å². The minimum atomic E-state index is -0.280. The molecule has 3 rings (SSSR count). The second kappa shape index (κ2) is 8.54. The molecule has 0 unspecified atom stereocenters. The van der Waals surface area contributed by atoms with E-state index in [-0.39, 0.29) is 5.82 Å². The average molecular weight is 383 g/mol. The van der Waals surface area contributed by atoms with Crippen LogP contribution in [-0.2, 0) is 0 Å². The molecule has 1 aliphatic rings. The first-order valence-electron chi connectivity index (χ1n) is 8.71. The molecular formula is C18H24ClFN4S. The van der Waals surface area contributed by atoms with E-state index < -0.39 is 0 Å². The molecular weight excluding hydrogens is 359 g/mol. The van der Waals surface area contributed by atoms with E-state index in [9.17, 15) is 4.39 Å². The maximum Gasteiger partial charge on any atom is 0.123 e. The molecule has 1 aromatic heterocycles.